The topological polar surface area (TPSA) is 125 Å². The number of allylic oxidation sites excluding steroid dienone is 1. The normalized spacial score (nSPS) is 15.6. The van der Waals surface area contributed by atoms with Crippen LogP contribution >= 0.6 is 0 Å². The molecule has 0 saturated heterocycles. The van der Waals surface area contributed by atoms with E-state index in [4.69, 9.17) is 4.74 Å². The van der Waals surface area contributed by atoms with E-state index in [0.29, 0.717) is 11.3 Å². The highest BCUT2D eigenvalue weighted by molar-refractivity contribution is 5.94. The third-order valence-electron chi connectivity index (χ3n) is 4.81. The fourth-order valence-electron chi connectivity index (χ4n) is 3.42. The maximum Gasteiger partial charge on any atom is 0.336 e. The van der Waals surface area contributed by atoms with Gasteiger partial charge in [0.25, 0.3) is 11.2 Å². The van der Waals surface area contributed by atoms with E-state index in [2.05, 4.69) is 5.32 Å². The second-order valence-electron chi connectivity index (χ2n) is 6.41. The lowest BCUT2D eigenvalue weighted by Gasteiger charge is -2.30. The van der Waals surface area contributed by atoms with Crippen LogP contribution in [0.4, 0.5) is 11.5 Å². The molecule has 1 N–H and O–H groups in total. The molecule has 2 aromatic rings. The predicted octanol–water partition coefficient (Wildman–Crippen LogP) is 0.997. The monoisotopic (exact) mass is 386 g/mol. The molecule has 3 rings (SSSR count). The standard InChI is InChI=1S/C18H18N4O6/c1-9-12(17(24)28-4)13(10-6-5-7-11(8-10)22(26)27)14-15(19-9)20(2)18(25)21(3)16(14)23/h5-8,13,19H,1-4H3/t13-/m1/s1. The number of fused-ring (bicyclic) bond motifs is 1. The first-order valence-electron chi connectivity index (χ1n) is 8.29. The summed E-state index contributed by atoms with van der Waals surface area (Å²) in [5.74, 6) is -1.38. The summed E-state index contributed by atoms with van der Waals surface area (Å²) >= 11 is 0. The van der Waals surface area contributed by atoms with E-state index in [-0.39, 0.29) is 22.6 Å². The molecule has 0 fully saturated rings. The number of benzene rings is 1. The fraction of sp³-hybridized carbons (Fsp3) is 0.278. The molecule has 1 aromatic carbocycles. The maximum atomic E-state index is 13.0. The minimum absolute atomic E-state index is 0.135. The Bertz CT molecular complexity index is 1160. The molecule has 10 nitrogen and oxygen atoms in total. The summed E-state index contributed by atoms with van der Waals surface area (Å²) in [6.45, 7) is 1.61. The number of methoxy groups -OCH3 is 1. The van der Waals surface area contributed by atoms with E-state index in [1.807, 2.05) is 0 Å². The predicted molar refractivity (Wildman–Crippen MR) is 100 cm³/mol. The molecule has 146 valence electrons. The summed E-state index contributed by atoms with van der Waals surface area (Å²) in [7, 11) is 4.04. The molecular formula is C18H18N4O6. The lowest BCUT2D eigenvalue weighted by Crippen LogP contribution is -2.43. The first kappa shape index (κ1) is 19.1. The SMILES string of the molecule is COC(=O)C1=C(C)Nc2c(c(=O)n(C)c(=O)n2C)[C@@H]1c1cccc([N+](=O)[O-])c1. The van der Waals surface area contributed by atoms with E-state index in [1.54, 1.807) is 13.0 Å². The van der Waals surface area contributed by atoms with Crippen LogP contribution in [-0.4, -0.2) is 27.1 Å². The average Bonchev–Trinajstić information content (AvgIpc) is 2.69. The van der Waals surface area contributed by atoms with E-state index in [9.17, 15) is 24.5 Å². The highest BCUT2D eigenvalue weighted by atomic mass is 16.6. The molecule has 1 atom stereocenters. The maximum absolute atomic E-state index is 13.0. The highest BCUT2D eigenvalue weighted by Crippen LogP contribution is 2.40. The number of anilines is 1. The van der Waals surface area contributed by atoms with Gasteiger partial charge >= 0.3 is 11.7 Å². The molecule has 0 amide bonds. The van der Waals surface area contributed by atoms with Gasteiger partial charge in [-0.25, -0.2) is 9.59 Å². The zero-order valence-corrected chi connectivity index (χ0v) is 15.7. The Kier molecular flexibility index (Phi) is 4.63. The quantitative estimate of drug-likeness (QED) is 0.474. The summed E-state index contributed by atoms with van der Waals surface area (Å²) in [5.41, 5.74) is -0.283. The number of nitrogens with one attached hydrogen (secondary N) is 1. The molecule has 2 heterocycles. The number of ether oxygens (including phenoxy) is 1. The van der Waals surface area contributed by atoms with Gasteiger partial charge in [0.05, 0.1) is 29.1 Å². The van der Waals surface area contributed by atoms with Crippen LogP contribution in [-0.2, 0) is 23.6 Å². The first-order chi connectivity index (χ1) is 13.2. The second-order valence-corrected chi connectivity index (χ2v) is 6.41. The van der Waals surface area contributed by atoms with Crippen LogP contribution in [0.15, 0.2) is 45.1 Å². The van der Waals surface area contributed by atoms with Crippen LogP contribution in [0, 0.1) is 10.1 Å². The zero-order valence-electron chi connectivity index (χ0n) is 15.7. The number of carbonyl (C=O) groups excluding carboxylic acids is 1. The minimum atomic E-state index is -0.936. The van der Waals surface area contributed by atoms with Crippen LogP contribution < -0.4 is 16.6 Å². The Hall–Kier alpha value is -3.69. The molecule has 1 aliphatic rings. The van der Waals surface area contributed by atoms with Crippen LogP contribution in [0.25, 0.3) is 0 Å². The van der Waals surface area contributed by atoms with Gasteiger partial charge in [0, 0.05) is 31.9 Å². The van der Waals surface area contributed by atoms with Crippen molar-refractivity contribution in [1.82, 2.24) is 9.13 Å². The van der Waals surface area contributed by atoms with E-state index < -0.39 is 28.1 Å². The molecule has 0 radical (unpaired) electrons. The van der Waals surface area contributed by atoms with Crippen molar-refractivity contribution in [3.05, 3.63) is 77.6 Å². The molecule has 28 heavy (non-hydrogen) atoms. The Balaban J connectivity index is 2.42. The summed E-state index contributed by atoms with van der Waals surface area (Å²) < 4.78 is 7.07. The number of hydrogen-bond acceptors (Lipinski definition) is 7. The number of nitro benzene ring substituents is 1. The fourth-order valence-corrected chi connectivity index (χ4v) is 3.42. The molecule has 0 spiro atoms. The number of hydrogen-bond donors (Lipinski definition) is 1. The number of nitro groups is 1. The zero-order chi connectivity index (χ0) is 20.7. The third kappa shape index (κ3) is 2.79. The summed E-state index contributed by atoms with van der Waals surface area (Å²) in [4.78, 5) is 48.4. The van der Waals surface area contributed by atoms with Crippen LogP contribution in [0.1, 0.15) is 24.0 Å². The number of rotatable bonds is 3. The van der Waals surface area contributed by atoms with Gasteiger partial charge in [0.1, 0.15) is 5.82 Å². The number of nitrogens with zero attached hydrogens (tertiary/aromatic N) is 3. The summed E-state index contributed by atoms with van der Waals surface area (Å²) in [6.07, 6.45) is 0. The van der Waals surface area contributed by atoms with Gasteiger partial charge in [-0.3, -0.25) is 24.0 Å². The van der Waals surface area contributed by atoms with Crippen LogP contribution in [0.2, 0.25) is 0 Å². The third-order valence-corrected chi connectivity index (χ3v) is 4.81. The van der Waals surface area contributed by atoms with Gasteiger partial charge < -0.3 is 10.1 Å². The average molecular weight is 386 g/mol. The van der Waals surface area contributed by atoms with Crippen molar-refractivity contribution in [2.75, 3.05) is 12.4 Å². The van der Waals surface area contributed by atoms with Gasteiger partial charge in [-0.2, -0.15) is 0 Å². The smallest absolute Gasteiger partial charge is 0.336 e. The number of non-ortho nitro benzene ring substituents is 1. The molecule has 1 aliphatic heterocycles. The van der Waals surface area contributed by atoms with E-state index in [0.717, 1.165) is 4.57 Å². The number of aromatic nitrogens is 2. The van der Waals surface area contributed by atoms with E-state index >= 15 is 0 Å². The Morgan fingerprint density at radius 2 is 1.93 bits per heavy atom. The molecule has 10 heteroatoms. The molecule has 0 unspecified atom stereocenters. The Morgan fingerprint density at radius 1 is 1.25 bits per heavy atom. The van der Waals surface area contributed by atoms with Crippen molar-refractivity contribution in [2.45, 2.75) is 12.8 Å². The van der Waals surface area contributed by atoms with Crippen molar-refractivity contribution in [3.8, 4) is 0 Å². The first-order valence-corrected chi connectivity index (χ1v) is 8.29. The molecule has 0 bridgehead atoms. The van der Waals surface area contributed by atoms with Crippen molar-refractivity contribution in [1.29, 1.82) is 0 Å². The van der Waals surface area contributed by atoms with Crippen molar-refractivity contribution in [3.63, 3.8) is 0 Å². The van der Waals surface area contributed by atoms with E-state index in [1.165, 1.54) is 44.0 Å². The van der Waals surface area contributed by atoms with Gasteiger partial charge in [-0.05, 0) is 12.5 Å². The minimum Gasteiger partial charge on any atom is -0.466 e. The lowest BCUT2D eigenvalue weighted by molar-refractivity contribution is -0.384. The van der Waals surface area contributed by atoms with Crippen molar-refractivity contribution < 1.29 is 14.5 Å². The second kappa shape index (κ2) is 6.80. The Morgan fingerprint density at radius 3 is 2.54 bits per heavy atom. The van der Waals surface area contributed by atoms with Crippen LogP contribution in [0.5, 0.6) is 0 Å². The summed E-state index contributed by atoms with van der Waals surface area (Å²) in [5, 5.41) is 14.1. The largest absolute Gasteiger partial charge is 0.466 e. The van der Waals surface area contributed by atoms with Crippen molar-refractivity contribution in [2.24, 2.45) is 14.1 Å². The summed E-state index contributed by atoms with van der Waals surface area (Å²) in [6, 6.07) is 5.69. The molecule has 1 aromatic heterocycles. The van der Waals surface area contributed by atoms with Gasteiger partial charge in [-0.1, -0.05) is 12.1 Å². The highest BCUT2D eigenvalue weighted by Gasteiger charge is 2.37. The Labute approximate surface area is 158 Å². The lowest BCUT2D eigenvalue weighted by atomic mass is 9.82. The van der Waals surface area contributed by atoms with Gasteiger partial charge in [0.15, 0.2) is 0 Å². The van der Waals surface area contributed by atoms with Crippen LogP contribution in [0.3, 0.4) is 0 Å². The van der Waals surface area contributed by atoms with Gasteiger partial charge in [0.2, 0.25) is 0 Å². The molecular weight excluding hydrogens is 368 g/mol. The number of carbonyl (C=O) groups is 1. The molecule has 0 saturated carbocycles. The molecule has 0 aliphatic carbocycles. The number of esters is 1. The van der Waals surface area contributed by atoms with Gasteiger partial charge in [-0.15, -0.1) is 0 Å². The van der Waals surface area contributed by atoms with Crippen molar-refractivity contribution >= 4 is 17.5 Å².